The standard InChI is InChI=1S/C15H27N3O3/c16-14(19)10-18-7-1-4-13(9-18)15(20)17-6-5-12-3-2-8-21-11-12/h12-13H,1-11H2,(H2,16,19)(H,17,20). The van der Waals surface area contributed by atoms with E-state index >= 15 is 0 Å². The third-order valence-corrected chi connectivity index (χ3v) is 4.36. The summed E-state index contributed by atoms with van der Waals surface area (Å²) in [6, 6.07) is 0. The molecule has 2 rings (SSSR count). The Morgan fingerprint density at radius 1 is 1.29 bits per heavy atom. The number of piperidine rings is 1. The summed E-state index contributed by atoms with van der Waals surface area (Å²) in [6.07, 6.45) is 5.16. The first-order valence-corrected chi connectivity index (χ1v) is 8.01. The highest BCUT2D eigenvalue weighted by Gasteiger charge is 2.26. The number of primary amides is 1. The van der Waals surface area contributed by atoms with Crippen molar-refractivity contribution in [1.82, 2.24) is 10.2 Å². The van der Waals surface area contributed by atoms with Crippen LogP contribution in [-0.2, 0) is 14.3 Å². The van der Waals surface area contributed by atoms with Crippen molar-refractivity contribution in [2.75, 3.05) is 39.4 Å². The minimum Gasteiger partial charge on any atom is -0.381 e. The van der Waals surface area contributed by atoms with Crippen LogP contribution in [0, 0.1) is 11.8 Å². The van der Waals surface area contributed by atoms with Crippen molar-refractivity contribution in [3.63, 3.8) is 0 Å². The Bertz CT molecular complexity index is 356. The van der Waals surface area contributed by atoms with E-state index in [0.29, 0.717) is 12.5 Å². The van der Waals surface area contributed by atoms with Gasteiger partial charge in [0.05, 0.1) is 12.5 Å². The fourth-order valence-corrected chi connectivity index (χ4v) is 3.21. The largest absolute Gasteiger partial charge is 0.381 e. The van der Waals surface area contributed by atoms with E-state index < -0.39 is 0 Å². The molecule has 2 heterocycles. The van der Waals surface area contributed by atoms with Crippen LogP contribution in [0.1, 0.15) is 32.1 Å². The molecule has 0 bridgehead atoms. The van der Waals surface area contributed by atoms with Crippen LogP contribution in [0.5, 0.6) is 0 Å². The molecule has 0 aromatic rings. The van der Waals surface area contributed by atoms with Crippen molar-refractivity contribution < 1.29 is 14.3 Å². The molecule has 0 saturated carbocycles. The van der Waals surface area contributed by atoms with Gasteiger partial charge in [-0.05, 0) is 44.6 Å². The van der Waals surface area contributed by atoms with Crippen molar-refractivity contribution >= 4 is 11.8 Å². The minimum absolute atomic E-state index is 0.0132. The molecule has 2 saturated heterocycles. The molecule has 0 aromatic heterocycles. The van der Waals surface area contributed by atoms with Gasteiger partial charge < -0.3 is 15.8 Å². The zero-order valence-corrected chi connectivity index (χ0v) is 12.7. The summed E-state index contributed by atoms with van der Waals surface area (Å²) in [5.74, 6) is 0.353. The number of carbonyl (C=O) groups is 2. The molecule has 120 valence electrons. The molecule has 6 nitrogen and oxygen atoms in total. The summed E-state index contributed by atoms with van der Waals surface area (Å²) in [5, 5.41) is 3.04. The van der Waals surface area contributed by atoms with Gasteiger partial charge in [0.15, 0.2) is 0 Å². The molecule has 2 atom stereocenters. The molecule has 2 unspecified atom stereocenters. The van der Waals surface area contributed by atoms with E-state index in [4.69, 9.17) is 10.5 Å². The third kappa shape index (κ3) is 5.63. The summed E-state index contributed by atoms with van der Waals surface area (Å²) >= 11 is 0. The van der Waals surface area contributed by atoms with Gasteiger partial charge in [0.2, 0.25) is 11.8 Å². The molecule has 21 heavy (non-hydrogen) atoms. The second-order valence-corrected chi connectivity index (χ2v) is 6.20. The highest BCUT2D eigenvalue weighted by Crippen LogP contribution is 2.18. The van der Waals surface area contributed by atoms with Crippen molar-refractivity contribution in [1.29, 1.82) is 0 Å². The lowest BCUT2D eigenvalue weighted by molar-refractivity contribution is -0.128. The van der Waals surface area contributed by atoms with Crippen LogP contribution in [0.3, 0.4) is 0 Å². The van der Waals surface area contributed by atoms with E-state index in [1.165, 1.54) is 6.42 Å². The Labute approximate surface area is 126 Å². The first-order valence-electron chi connectivity index (χ1n) is 8.01. The van der Waals surface area contributed by atoms with Crippen LogP contribution in [0.2, 0.25) is 0 Å². The lowest BCUT2D eigenvalue weighted by Crippen LogP contribution is -2.46. The zero-order chi connectivity index (χ0) is 15.1. The summed E-state index contributed by atoms with van der Waals surface area (Å²) in [6.45, 7) is 4.17. The third-order valence-electron chi connectivity index (χ3n) is 4.36. The molecule has 0 radical (unpaired) electrons. The predicted molar refractivity (Wildman–Crippen MR) is 79.5 cm³/mol. The molecule has 6 heteroatoms. The van der Waals surface area contributed by atoms with Gasteiger partial charge in [-0.25, -0.2) is 0 Å². The van der Waals surface area contributed by atoms with Crippen molar-refractivity contribution in [3.05, 3.63) is 0 Å². The normalized spacial score (nSPS) is 27.2. The number of nitrogens with zero attached hydrogens (tertiary/aromatic N) is 1. The maximum Gasteiger partial charge on any atom is 0.231 e. The van der Waals surface area contributed by atoms with Crippen LogP contribution in [0.25, 0.3) is 0 Å². The van der Waals surface area contributed by atoms with Crippen molar-refractivity contribution in [3.8, 4) is 0 Å². The second kappa shape index (κ2) is 8.34. The summed E-state index contributed by atoms with van der Waals surface area (Å²) in [7, 11) is 0. The zero-order valence-electron chi connectivity index (χ0n) is 12.7. The predicted octanol–water partition coefficient (Wildman–Crippen LogP) is 0.117. The molecule has 0 spiro atoms. The summed E-state index contributed by atoms with van der Waals surface area (Å²) < 4.78 is 5.44. The SMILES string of the molecule is NC(=O)CN1CCCC(C(=O)NCCC2CCCOC2)C1. The molecule has 2 aliphatic rings. The monoisotopic (exact) mass is 297 g/mol. The molecule has 2 fully saturated rings. The van der Waals surface area contributed by atoms with Crippen LogP contribution in [0.4, 0.5) is 0 Å². The highest BCUT2D eigenvalue weighted by molar-refractivity contribution is 5.79. The average Bonchev–Trinajstić information content (AvgIpc) is 2.48. The fourth-order valence-electron chi connectivity index (χ4n) is 3.21. The lowest BCUT2D eigenvalue weighted by Gasteiger charge is -2.31. The van der Waals surface area contributed by atoms with E-state index in [2.05, 4.69) is 5.32 Å². The molecular formula is C15H27N3O3. The number of hydrogen-bond acceptors (Lipinski definition) is 4. The highest BCUT2D eigenvalue weighted by atomic mass is 16.5. The Morgan fingerprint density at radius 2 is 2.14 bits per heavy atom. The van der Waals surface area contributed by atoms with E-state index in [1.807, 2.05) is 4.90 Å². The number of hydrogen-bond donors (Lipinski definition) is 2. The quantitative estimate of drug-likeness (QED) is 0.729. The smallest absolute Gasteiger partial charge is 0.231 e. The van der Waals surface area contributed by atoms with Crippen LogP contribution < -0.4 is 11.1 Å². The maximum absolute atomic E-state index is 12.2. The number of amides is 2. The van der Waals surface area contributed by atoms with Gasteiger partial charge in [0.1, 0.15) is 0 Å². The molecule has 2 aliphatic heterocycles. The first-order chi connectivity index (χ1) is 10.1. The van der Waals surface area contributed by atoms with Gasteiger partial charge in [0, 0.05) is 26.3 Å². The Hall–Kier alpha value is -1.14. The van der Waals surface area contributed by atoms with Crippen LogP contribution in [-0.4, -0.2) is 56.1 Å². The van der Waals surface area contributed by atoms with Gasteiger partial charge in [-0.2, -0.15) is 0 Å². The average molecular weight is 297 g/mol. The number of nitrogens with two attached hydrogens (primary N) is 1. The number of carbonyl (C=O) groups excluding carboxylic acids is 2. The second-order valence-electron chi connectivity index (χ2n) is 6.20. The maximum atomic E-state index is 12.2. The minimum atomic E-state index is -0.326. The van der Waals surface area contributed by atoms with Crippen molar-refractivity contribution in [2.24, 2.45) is 17.6 Å². The topological polar surface area (TPSA) is 84.7 Å². The van der Waals surface area contributed by atoms with Crippen LogP contribution >= 0.6 is 0 Å². The van der Waals surface area contributed by atoms with Gasteiger partial charge in [-0.1, -0.05) is 0 Å². The Balaban J connectivity index is 1.66. The fraction of sp³-hybridized carbons (Fsp3) is 0.867. The number of rotatable bonds is 6. The van der Waals surface area contributed by atoms with E-state index in [9.17, 15) is 9.59 Å². The first kappa shape index (κ1) is 16.2. The molecular weight excluding hydrogens is 270 g/mol. The molecule has 3 N–H and O–H groups in total. The van der Waals surface area contributed by atoms with E-state index in [-0.39, 0.29) is 24.3 Å². The van der Waals surface area contributed by atoms with Gasteiger partial charge in [0.25, 0.3) is 0 Å². The summed E-state index contributed by atoms with van der Waals surface area (Å²) in [5.41, 5.74) is 5.21. The van der Waals surface area contributed by atoms with Gasteiger partial charge in [-0.3, -0.25) is 14.5 Å². The van der Waals surface area contributed by atoms with Crippen LogP contribution in [0.15, 0.2) is 0 Å². The van der Waals surface area contributed by atoms with Crippen molar-refractivity contribution in [2.45, 2.75) is 32.1 Å². The number of nitrogens with one attached hydrogen (secondary N) is 1. The number of ether oxygens (including phenoxy) is 1. The number of likely N-dealkylation sites (tertiary alicyclic amines) is 1. The molecule has 0 aliphatic carbocycles. The Morgan fingerprint density at radius 3 is 2.86 bits per heavy atom. The summed E-state index contributed by atoms with van der Waals surface area (Å²) in [4.78, 5) is 25.1. The molecule has 2 amide bonds. The van der Waals surface area contributed by atoms with Gasteiger partial charge in [-0.15, -0.1) is 0 Å². The van der Waals surface area contributed by atoms with E-state index in [1.54, 1.807) is 0 Å². The Kier molecular flexibility index (Phi) is 6.45. The lowest BCUT2D eigenvalue weighted by atomic mass is 9.96. The van der Waals surface area contributed by atoms with Gasteiger partial charge >= 0.3 is 0 Å². The molecule has 0 aromatic carbocycles. The van der Waals surface area contributed by atoms with E-state index in [0.717, 1.165) is 52.0 Å².